The van der Waals surface area contributed by atoms with Crippen molar-refractivity contribution in [2.45, 2.75) is 52.2 Å². The molecule has 0 aliphatic heterocycles. The summed E-state index contributed by atoms with van der Waals surface area (Å²) in [5.41, 5.74) is -0.500. The Morgan fingerprint density at radius 1 is 0.921 bits per heavy atom. The number of phenols is 1. The number of benzene rings is 3. The molecular weight excluding hydrogens is 505 g/mol. The molecule has 0 aliphatic carbocycles. The van der Waals surface area contributed by atoms with Crippen LogP contribution in [-0.2, 0) is 35.3 Å². The van der Waals surface area contributed by atoms with Crippen LogP contribution in [0.3, 0.4) is 0 Å². The van der Waals surface area contributed by atoms with E-state index in [1.54, 1.807) is 63.2 Å². The number of carboxylic acids is 1. The molecule has 202 valence electrons. The van der Waals surface area contributed by atoms with Crippen LogP contribution >= 0.6 is 0 Å². The average Bonchev–Trinajstić information content (AvgIpc) is 2.80. The van der Waals surface area contributed by atoms with Crippen molar-refractivity contribution in [2.75, 3.05) is 0 Å². The minimum atomic E-state index is -4.88. The number of aliphatic hydroxyl groups is 1. The molecular formula is C28H27F3O7. The van der Waals surface area contributed by atoms with E-state index in [4.69, 9.17) is 14.6 Å². The lowest BCUT2D eigenvalue weighted by molar-refractivity contribution is -0.139. The zero-order valence-electron chi connectivity index (χ0n) is 20.9. The Labute approximate surface area is 217 Å². The van der Waals surface area contributed by atoms with Gasteiger partial charge in [0.1, 0.15) is 29.3 Å². The Hall–Kier alpha value is -4.05. The summed E-state index contributed by atoms with van der Waals surface area (Å²) in [6, 6.07) is 13.3. The molecule has 0 bridgehead atoms. The van der Waals surface area contributed by atoms with E-state index in [2.05, 4.69) is 0 Å². The normalized spacial score (nSPS) is 11.8. The van der Waals surface area contributed by atoms with Crippen molar-refractivity contribution in [3.63, 3.8) is 0 Å². The number of ether oxygens (including phenoxy) is 2. The molecule has 3 aromatic carbocycles. The van der Waals surface area contributed by atoms with Crippen molar-refractivity contribution in [1.29, 1.82) is 0 Å². The number of rotatable bonds is 8. The molecule has 38 heavy (non-hydrogen) atoms. The Morgan fingerprint density at radius 3 is 2.13 bits per heavy atom. The molecule has 0 saturated heterocycles. The molecule has 0 heterocycles. The molecule has 0 fully saturated rings. The van der Waals surface area contributed by atoms with Gasteiger partial charge >= 0.3 is 18.1 Å². The van der Waals surface area contributed by atoms with Gasteiger partial charge in [0, 0.05) is 5.56 Å². The van der Waals surface area contributed by atoms with Crippen LogP contribution < -0.4 is 4.74 Å². The molecule has 0 spiro atoms. The van der Waals surface area contributed by atoms with Gasteiger partial charge in [-0.2, -0.15) is 13.2 Å². The van der Waals surface area contributed by atoms with Gasteiger partial charge in [0.05, 0.1) is 18.6 Å². The van der Waals surface area contributed by atoms with Crippen LogP contribution in [0.25, 0.3) is 11.1 Å². The number of aliphatic carboxylic acids is 1. The third kappa shape index (κ3) is 7.04. The topological polar surface area (TPSA) is 113 Å². The van der Waals surface area contributed by atoms with Crippen LogP contribution in [0.1, 0.15) is 53.4 Å². The van der Waals surface area contributed by atoms with Crippen LogP contribution in [0.5, 0.6) is 11.5 Å². The highest BCUT2D eigenvalue weighted by Gasteiger charge is 2.37. The molecule has 7 nitrogen and oxygen atoms in total. The van der Waals surface area contributed by atoms with E-state index in [0.29, 0.717) is 34.1 Å². The molecule has 10 heteroatoms. The third-order valence-electron chi connectivity index (χ3n) is 5.43. The highest BCUT2D eigenvalue weighted by molar-refractivity contribution is 5.95. The first-order valence-corrected chi connectivity index (χ1v) is 11.5. The van der Waals surface area contributed by atoms with Crippen LogP contribution in [0.2, 0.25) is 0 Å². The van der Waals surface area contributed by atoms with Gasteiger partial charge < -0.3 is 24.8 Å². The summed E-state index contributed by atoms with van der Waals surface area (Å²) in [5, 5.41) is 29.0. The van der Waals surface area contributed by atoms with Gasteiger partial charge in [-0.25, -0.2) is 4.79 Å². The van der Waals surface area contributed by atoms with Gasteiger partial charge in [0.15, 0.2) is 0 Å². The maximum Gasteiger partial charge on any atom is 0.419 e. The molecule has 0 amide bonds. The second-order valence-electron chi connectivity index (χ2n) is 9.53. The molecule has 0 aliphatic rings. The number of aliphatic hydroxyl groups excluding tert-OH is 1. The fraction of sp³-hybridized carbons (Fsp3) is 0.286. The van der Waals surface area contributed by atoms with E-state index < -0.39 is 40.6 Å². The third-order valence-corrected chi connectivity index (χ3v) is 5.43. The fourth-order valence-electron chi connectivity index (χ4n) is 3.77. The highest BCUT2D eigenvalue weighted by Crippen LogP contribution is 2.39. The van der Waals surface area contributed by atoms with Gasteiger partial charge in [-0.3, -0.25) is 4.79 Å². The van der Waals surface area contributed by atoms with Crippen molar-refractivity contribution in [2.24, 2.45) is 0 Å². The zero-order valence-corrected chi connectivity index (χ0v) is 20.9. The van der Waals surface area contributed by atoms with Gasteiger partial charge in [0.25, 0.3) is 0 Å². The van der Waals surface area contributed by atoms with Gasteiger partial charge in [-0.1, -0.05) is 36.4 Å². The number of halogens is 3. The van der Waals surface area contributed by atoms with Crippen molar-refractivity contribution in [3.05, 3.63) is 82.4 Å². The zero-order chi connectivity index (χ0) is 28.3. The summed E-state index contributed by atoms with van der Waals surface area (Å²) < 4.78 is 50.9. The Morgan fingerprint density at radius 2 is 1.58 bits per heavy atom. The second kappa shape index (κ2) is 11.1. The van der Waals surface area contributed by atoms with Gasteiger partial charge in [0.2, 0.25) is 0 Å². The molecule has 0 unspecified atom stereocenters. The maximum absolute atomic E-state index is 13.3. The molecule has 0 atom stereocenters. The van der Waals surface area contributed by atoms with Crippen molar-refractivity contribution < 1.29 is 47.6 Å². The van der Waals surface area contributed by atoms with Gasteiger partial charge in [-0.15, -0.1) is 0 Å². The van der Waals surface area contributed by atoms with Crippen molar-refractivity contribution in [1.82, 2.24) is 0 Å². The molecule has 0 saturated carbocycles. The molecule has 0 radical (unpaired) electrons. The quantitative estimate of drug-likeness (QED) is 0.318. The lowest BCUT2D eigenvalue weighted by atomic mass is 9.97. The number of carbonyl (C=O) groups excluding carboxylic acids is 1. The van der Waals surface area contributed by atoms with Crippen molar-refractivity contribution in [3.8, 4) is 22.6 Å². The number of aromatic hydroxyl groups is 1. The van der Waals surface area contributed by atoms with E-state index in [9.17, 15) is 33.0 Å². The standard InChI is InChI=1S/C28H27F3O7/c1-27(2,3)38-26(36)24-18(7-11-22(25(24)35)28(29,30)31)15-37-20-8-5-17(6-9-20)21-10-4-16(13-23(33)34)12-19(21)14-32/h4-12,32,35H,13-15H2,1-3H3,(H,33,34). The number of hydrogen-bond donors (Lipinski definition) is 3. The number of hydrogen-bond acceptors (Lipinski definition) is 6. The first-order valence-electron chi connectivity index (χ1n) is 11.5. The first kappa shape index (κ1) is 28.5. The lowest BCUT2D eigenvalue weighted by Crippen LogP contribution is -2.25. The smallest absolute Gasteiger partial charge is 0.419 e. The SMILES string of the molecule is CC(C)(C)OC(=O)c1c(COc2ccc(-c3ccc(CC(=O)O)cc3CO)cc2)ccc(C(F)(F)F)c1O. The molecule has 3 aromatic rings. The molecule has 3 rings (SSSR count). The lowest BCUT2D eigenvalue weighted by Gasteiger charge is -2.22. The summed E-state index contributed by atoms with van der Waals surface area (Å²) in [6.07, 6.45) is -5.06. The average molecular weight is 533 g/mol. The maximum atomic E-state index is 13.3. The summed E-state index contributed by atoms with van der Waals surface area (Å²) in [7, 11) is 0. The van der Waals surface area contributed by atoms with Crippen LogP contribution in [-0.4, -0.2) is 32.9 Å². The Kier molecular flexibility index (Phi) is 8.36. The van der Waals surface area contributed by atoms with Crippen LogP contribution in [0, 0.1) is 0 Å². The van der Waals surface area contributed by atoms with Crippen LogP contribution in [0.4, 0.5) is 13.2 Å². The molecule has 0 aromatic heterocycles. The van der Waals surface area contributed by atoms with E-state index in [1.807, 2.05) is 0 Å². The highest BCUT2D eigenvalue weighted by atomic mass is 19.4. The Bertz CT molecular complexity index is 1320. The number of carbonyl (C=O) groups is 2. The number of phenolic OH excluding ortho intramolecular Hbond substituents is 1. The number of carboxylic acid groups (broad SMARTS) is 1. The number of alkyl halides is 3. The van der Waals surface area contributed by atoms with Crippen molar-refractivity contribution >= 4 is 11.9 Å². The van der Waals surface area contributed by atoms with E-state index >= 15 is 0 Å². The predicted molar refractivity (Wildman–Crippen MR) is 132 cm³/mol. The van der Waals surface area contributed by atoms with E-state index in [1.165, 1.54) is 0 Å². The monoisotopic (exact) mass is 532 g/mol. The fourth-order valence-corrected chi connectivity index (χ4v) is 3.77. The largest absolute Gasteiger partial charge is 0.506 e. The van der Waals surface area contributed by atoms with Gasteiger partial charge in [-0.05, 0) is 61.2 Å². The summed E-state index contributed by atoms with van der Waals surface area (Å²) in [5.74, 6) is -3.00. The summed E-state index contributed by atoms with van der Waals surface area (Å²) in [4.78, 5) is 23.6. The molecule has 3 N–H and O–H groups in total. The summed E-state index contributed by atoms with van der Waals surface area (Å²) in [6.45, 7) is 4.02. The Balaban J connectivity index is 1.86. The minimum absolute atomic E-state index is 0.00501. The predicted octanol–water partition coefficient (Wildman–Crippen LogP) is 5.73. The van der Waals surface area contributed by atoms with Crippen LogP contribution in [0.15, 0.2) is 54.6 Å². The minimum Gasteiger partial charge on any atom is -0.506 e. The number of esters is 1. The first-order chi connectivity index (χ1) is 17.7. The second-order valence-corrected chi connectivity index (χ2v) is 9.53. The van der Waals surface area contributed by atoms with E-state index in [0.717, 1.165) is 6.07 Å². The summed E-state index contributed by atoms with van der Waals surface area (Å²) >= 11 is 0. The van der Waals surface area contributed by atoms with E-state index in [-0.39, 0.29) is 25.2 Å².